The van der Waals surface area contributed by atoms with E-state index in [1.165, 1.54) is 6.07 Å². The molecule has 0 fully saturated rings. The van der Waals surface area contributed by atoms with Crippen LogP contribution in [0.5, 0.6) is 0 Å². The van der Waals surface area contributed by atoms with Crippen LogP contribution in [0.3, 0.4) is 0 Å². The van der Waals surface area contributed by atoms with Crippen molar-refractivity contribution in [2.45, 2.75) is 20.0 Å². The lowest BCUT2D eigenvalue weighted by Gasteiger charge is -2.06. The summed E-state index contributed by atoms with van der Waals surface area (Å²) in [6.07, 6.45) is 1.14. The average molecular weight is 366 g/mol. The number of carbonyl (C=O) groups excluding carboxylic acids is 1. The molecule has 6 nitrogen and oxygen atoms in total. The first kappa shape index (κ1) is 17.1. The Morgan fingerprint density at radius 1 is 1.28 bits per heavy atom. The molecule has 3 rings (SSSR count). The van der Waals surface area contributed by atoms with E-state index in [1.54, 1.807) is 22.9 Å². The first-order valence-electron chi connectivity index (χ1n) is 7.36. The molecule has 0 saturated heterocycles. The van der Waals surface area contributed by atoms with Crippen LogP contribution >= 0.6 is 11.6 Å². The number of anilines is 1. The number of aryl methyl sites for hydroxylation is 1. The number of alkyl halides is 2. The third kappa shape index (κ3) is 3.85. The van der Waals surface area contributed by atoms with E-state index < -0.39 is 12.5 Å². The van der Waals surface area contributed by atoms with Gasteiger partial charge >= 0.3 is 6.55 Å². The van der Waals surface area contributed by atoms with Gasteiger partial charge in [-0.1, -0.05) is 23.7 Å². The molecule has 0 atom stereocenters. The van der Waals surface area contributed by atoms with Crippen molar-refractivity contribution in [3.05, 3.63) is 64.6 Å². The second-order valence-corrected chi connectivity index (χ2v) is 5.78. The van der Waals surface area contributed by atoms with Gasteiger partial charge in [-0.05, 0) is 30.7 Å². The topological polar surface area (TPSA) is 64.7 Å². The maximum absolute atomic E-state index is 12.8. The maximum atomic E-state index is 12.8. The van der Waals surface area contributed by atoms with E-state index in [0.717, 1.165) is 17.5 Å². The summed E-state index contributed by atoms with van der Waals surface area (Å²) >= 11 is 5.86. The van der Waals surface area contributed by atoms with E-state index in [2.05, 4.69) is 15.5 Å². The minimum absolute atomic E-state index is 0.236. The minimum atomic E-state index is -2.89. The molecule has 130 valence electrons. The normalized spacial score (nSPS) is 11.1. The number of nitrogens with one attached hydrogen (secondary N) is 1. The van der Waals surface area contributed by atoms with Crippen LogP contribution in [0, 0.1) is 6.92 Å². The van der Waals surface area contributed by atoms with Gasteiger partial charge in [-0.2, -0.15) is 23.7 Å². The molecule has 0 saturated carbocycles. The fourth-order valence-electron chi connectivity index (χ4n) is 2.32. The monoisotopic (exact) mass is 365 g/mol. The number of carbonyl (C=O) groups is 1. The maximum Gasteiger partial charge on any atom is 0.333 e. The number of hydrogen-bond acceptors (Lipinski definition) is 3. The predicted octanol–water partition coefficient (Wildman–Crippen LogP) is 3.74. The predicted molar refractivity (Wildman–Crippen MR) is 89.0 cm³/mol. The van der Waals surface area contributed by atoms with Crippen LogP contribution in [0.1, 0.15) is 28.3 Å². The molecule has 0 spiro atoms. The number of rotatable bonds is 5. The molecule has 2 aromatic heterocycles. The zero-order chi connectivity index (χ0) is 18.0. The van der Waals surface area contributed by atoms with Gasteiger partial charge in [-0.15, -0.1) is 0 Å². The van der Waals surface area contributed by atoms with Crippen molar-refractivity contribution < 1.29 is 13.6 Å². The number of hydrogen-bond donors (Lipinski definition) is 1. The van der Waals surface area contributed by atoms with E-state index in [0.29, 0.717) is 16.2 Å². The molecule has 0 aliphatic rings. The minimum Gasteiger partial charge on any atom is -0.304 e. The first-order chi connectivity index (χ1) is 11.9. The summed E-state index contributed by atoms with van der Waals surface area (Å²) in [7, 11) is 0. The molecular formula is C16H14ClF2N5O. The summed E-state index contributed by atoms with van der Waals surface area (Å²) in [5, 5.41) is 10.9. The van der Waals surface area contributed by atoms with Crippen molar-refractivity contribution in [3.8, 4) is 0 Å². The van der Waals surface area contributed by atoms with Gasteiger partial charge in [0.05, 0.1) is 6.54 Å². The molecule has 9 heteroatoms. The molecule has 0 aliphatic carbocycles. The third-order valence-electron chi connectivity index (χ3n) is 3.56. The highest BCUT2D eigenvalue weighted by Gasteiger charge is 2.19. The van der Waals surface area contributed by atoms with Gasteiger partial charge < -0.3 is 5.32 Å². The molecule has 2 heterocycles. The Bertz CT molecular complexity index is 888. The number of benzene rings is 1. The van der Waals surface area contributed by atoms with Crippen molar-refractivity contribution in [2.75, 3.05) is 5.32 Å². The van der Waals surface area contributed by atoms with Crippen LogP contribution in [-0.2, 0) is 6.54 Å². The largest absolute Gasteiger partial charge is 0.333 e. The molecular weight excluding hydrogens is 352 g/mol. The second kappa shape index (κ2) is 7.02. The highest BCUT2D eigenvalue weighted by Crippen LogP contribution is 2.16. The van der Waals surface area contributed by atoms with Crippen molar-refractivity contribution in [1.29, 1.82) is 0 Å². The van der Waals surface area contributed by atoms with Gasteiger partial charge in [0, 0.05) is 23.0 Å². The number of halogens is 3. The second-order valence-electron chi connectivity index (χ2n) is 5.35. The average Bonchev–Trinajstić information content (AvgIpc) is 3.17. The van der Waals surface area contributed by atoms with E-state index >= 15 is 0 Å². The van der Waals surface area contributed by atoms with E-state index in [9.17, 15) is 13.6 Å². The lowest BCUT2D eigenvalue weighted by Crippen LogP contribution is -2.18. The Morgan fingerprint density at radius 2 is 2.00 bits per heavy atom. The molecule has 0 radical (unpaired) electrons. The number of nitrogens with zero attached hydrogens (tertiary/aromatic N) is 4. The fourth-order valence-corrected chi connectivity index (χ4v) is 2.45. The van der Waals surface area contributed by atoms with Crippen LogP contribution in [-0.4, -0.2) is 25.5 Å². The Morgan fingerprint density at radius 3 is 2.68 bits per heavy atom. The standard InChI is InChI=1S/C16H14ClF2N5O/c1-10-8-14(21-15(25)13-6-7-20-24(13)16(18)19)22-23(10)9-11-2-4-12(17)5-3-11/h2-8,16H,9H2,1H3,(H,21,22,25). The molecule has 3 aromatic rings. The molecule has 0 unspecified atom stereocenters. The molecule has 0 aliphatic heterocycles. The van der Waals surface area contributed by atoms with E-state index in [1.807, 2.05) is 19.1 Å². The Balaban J connectivity index is 1.74. The molecule has 0 bridgehead atoms. The third-order valence-corrected chi connectivity index (χ3v) is 3.81. The summed E-state index contributed by atoms with van der Waals surface area (Å²) in [4.78, 5) is 12.1. The summed E-state index contributed by atoms with van der Waals surface area (Å²) in [6.45, 7) is -0.560. The van der Waals surface area contributed by atoms with Crippen molar-refractivity contribution >= 4 is 23.3 Å². The van der Waals surface area contributed by atoms with Gasteiger partial charge in [0.15, 0.2) is 5.82 Å². The van der Waals surface area contributed by atoms with E-state index in [4.69, 9.17) is 11.6 Å². The van der Waals surface area contributed by atoms with Crippen molar-refractivity contribution in [3.63, 3.8) is 0 Å². The summed E-state index contributed by atoms with van der Waals surface area (Å²) in [5.74, 6) is -0.424. The summed E-state index contributed by atoms with van der Waals surface area (Å²) in [5.41, 5.74) is 1.57. The van der Waals surface area contributed by atoms with Crippen LogP contribution < -0.4 is 5.32 Å². The lowest BCUT2D eigenvalue weighted by molar-refractivity contribution is 0.0520. The van der Waals surface area contributed by atoms with Crippen LogP contribution in [0.4, 0.5) is 14.6 Å². The Hall–Kier alpha value is -2.74. The van der Waals surface area contributed by atoms with Gasteiger partial charge in [0.2, 0.25) is 0 Å². The first-order valence-corrected chi connectivity index (χ1v) is 7.74. The Kier molecular flexibility index (Phi) is 4.80. The van der Waals surface area contributed by atoms with Crippen molar-refractivity contribution in [1.82, 2.24) is 19.6 Å². The van der Waals surface area contributed by atoms with Gasteiger partial charge in [0.25, 0.3) is 5.91 Å². The highest BCUT2D eigenvalue weighted by atomic mass is 35.5. The smallest absolute Gasteiger partial charge is 0.304 e. The summed E-state index contributed by atoms with van der Waals surface area (Å²) in [6, 6.07) is 10.2. The number of aromatic nitrogens is 4. The number of amides is 1. The fraction of sp³-hybridized carbons (Fsp3) is 0.188. The molecule has 1 N–H and O–H groups in total. The Labute approximate surface area is 147 Å². The molecule has 1 aromatic carbocycles. The van der Waals surface area contributed by atoms with Crippen LogP contribution in [0.15, 0.2) is 42.6 Å². The van der Waals surface area contributed by atoms with Gasteiger partial charge in [-0.25, -0.2) is 0 Å². The molecule has 1 amide bonds. The van der Waals surface area contributed by atoms with Crippen molar-refractivity contribution in [2.24, 2.45) is 0 Å². The SMILES string of the molecule is Cc1cc(NC(=O)c2ccnn2C(F)F)nn1Cc1ccc(Cl)cc1. The summed E-state index contributed by atoms with van der Waals surface area (Å²) < 4.78 is 27.6. The van der Waals surface area contributed by atoms with Crippen LogP contribution in [0.25, 0.3) is 0 Å². The zero-order valence-electron chi connectivity index (χ0n) is 13.2. The molecule has 25 heavy (non-hydrogen) atoms. The van der Waals surface area contributed by atoms with Crippen LogP contribution in [0.2, 0.25) is 5.02 Å². The lowest BCUT2D eigenvalue weighted by atomic mass is 10.2. The highest BCUT2D eigenvalue weighted by molar-refractivity contribution is 6.30. The zero-order valence-corrected chi connectivity index (χ0v) is 13.9. The van der Waals surface area contributed by atoms with Gasteiger partial charge in [0.1, 0.15) is 5.69 Å². The van der Waals surface area contributed by atoms with Gasteiger partial charge in [-0.3, -0.25) is 9.48 Å². The quantitative estimate of drug-likeness (QED) is 0.749. The van der Waals surface area contributed by atoms with E-state index in [-0.39, 0.29) is 11.5 Å².